The number of ketones is 1. The number of carbonyl (C=O) groups is 1. The molecule has 0 unspecified atom stereocenters. The van der Waals surface area contributed by atoms with E-state index in [0.29, 0.717) is 5.75 Å². The maximum Gasteiger partial charge on any atom is 0.338 e. The van der Waals surface area contributed by atoms with Crippen molar-refractivity contribution in [3.8, 4) is 5.75 Å². The van der Waals surface area contributed by atoms with Crippen LogP contribution in [0.3, 0.4) is 0 Å². The molecule has 0 saturated carbocycles. The van der Waals surface area contributed by atoms with Crippen LogP contribution in [-0.4, -0.2) is 30.3 Å². The van der Waals surface area contributed by atoms with Gasteiger partial charge in [0, 0.05) is 5.56 Å². The lowest BCUT2D eigenvalue weighted by atomic mass is 9.79. The Kier molecular flexibility index (Phi) is 7.66. The van der Waals surface area contributed by atoms with E-state index in [9.17, 15) is 14.5 Å². The highest BCUT2D eigenvalue weighted by atomic mass is 31.2. The number of aromatic hydroxyl groups is 1. The third-order valence-electron chi connectivity index (χ3n) is 4.91. The monoisotopic (exact) mass is 408 g/mol. The highest BCUT2D eigenvalue weighted by Crippen LogP contribution is 2.48. The van der Waals surface area contributed by atoms with E-state index in [0.717, 1.165) is 47.9 Å². The standard InChI is InChI=1S/C22H33O5P/c1-6-26-28(25,27-7-2)15-17(23)13-12-16-14-20(22(3,4)5)21(24)19-11-9-8-10-18(16)19/h12-14,24H,6-11,15H2,1-5H3. The molecule has 0 atom stereocenters. The molecule has 0 aliphatic heterocycles. The molecule has 6 heteroatoms. The normalized spacial score (nSPS) is 15.0. The number of rotatable bonds is 8. The van der Waals surface area contributed by atoms with Gasteiger partial charge in [-0.05, 0) is 73.8 Å². The van der Waals surface area contributed by atoms with Crippen LogP contribution in [0.5, 0.6) is 5.75 Å². The predicted molar refractivity (Wildman–Crippen MR) is 113 cm³/mol. The van der Waals surface area contributed by atoms with Crippen LogP contribution in [0.1, 0.15) is 69.7 Å². The number of hydrogen-bond donors (Lipinski definition) is 1. The van der Waals surface area contributed by atoms with Crippen LogP contribution in [0.2, 0.25) is 0 Å². The van der Waals surface area contributed by atoms with Gasteiger partial charge in [0.1, 0.15) is 11.9 Å². The SMILES string of the molecule is CCOP(=O)(CC(=O)C=Cc1cc(C(C)(C)C)c(O)c2c1CCCC2)OCC. The van der Waals surface area contributed by atoms with Crippen molar-refractivity contribution in [2.75, 3.05) is 19.4 Å². The summed E-state index contributed by atoms with van der Waals surface area (Å²) in [5.41, 5.74) is 3.74. The van der Waals surface area contributed by atoms with Gasteiger partial charge >= 0.3 is 7.60 Å². The number of carbonyl (C=O) groups excluding carboxylic acids is 1. The molecule has 0 aromatic heterocycles. The molecule has 0 saturated heterocycles. The fraction of sp³-hybridized carbons (Fsp3) is 0.591. The van der Waals surface area contributed by atoms with Crippen molar-refractivity contribution in [2.45, 2.75) is 65.7 Å². The maximum absolute atomic E-state index is 12.6. The second-order valence-electron chi connectivity index (χ2n) is 8.18. The molecule has 1 N–H and O–H groups in total. The summed E-state index contributed by atoms with van der Waals surface area (Å²) < 4.78 is 23.0. The topological polar surface area (TPSA) is 72.8 Å². The molecule has 1 aromatic rings. The number of benzene rings is 1. The average molecular weight is 408 g/mol. The van der Waals surface area contributed by atoms with Crippen molar-refractivity contribution < 1.29 is 23.5 Å². The van der Waals surface area contributed by atoms with E-state index < -0.39 is 7.60 Å². The molecular weight excluding hydrogens is 375 g/mol. The van der Waals surface area contributed by atoms with Gasteiger partial charge in [-0.25, -0.2) is 0 Å². The Hall–Kier alpha value is -1.42. The van der Waals surface area contributed by atoms with E-state index in [1.807, 2.05) is 6.07 Å². The first-order valence-corrected chi connectivity index (χ1v) is 11.8. The van der Waals surface area contributed by atoms with Crippen molar-refractivity contribution in [3.63, 3.8) is 0 Å². The van der Waals surface area contributed by atoms with Crippen molar-refractivity contribution in [1.82, 2.24) is 0 Å². The lowest BCUT2D eigenvalue weighted by Gasteiger charge is -2.27. The molecule has 1 aromatic carbocycles. The van der Waals surface area contributed by atoms with Gasteiger partial charge in [-0.1, -0.05) is 26.8 Å². The van der Waals surface area contributed by atoms with Crippen LogP contribution >= 0.6 is 7.60 Å². The molecule has 5 nitrogen and oxygen atoms in total. The van der Waals surface area contributed by atoms with Crippen LogP contribution in [0.25, 0.3) is 6.08 Å². The minimum Gasteiger partial charge on any atom is -0.507 e. The Labute approximate surface area is 168 Å². The molecule has 0 radical (unpaired) electrons. The van der Waals surface area contributed by atoms with E-state index in [2.05, 4.69) is 20.8 Å². The Balaban J connectivity index is 2.34. The maximum atomic E-state index is 12.6. The second kappa shape index (κ2) is 9.39. The van der Waals surface area contributed by atoms with Gasteiger partial charge in [0.2, 0.25) is 0 Å². The summed E-state index contributed by atoms with van der Waals surface area (Å²) in [6.45, 7) is 10.1. The third-order valence-corrected chi connectivity index (χ3v) is 6.92. The Morgan fingerprint density at radius 2 is 1.71 bits per heavy atom. The molecule has 0 heterocycles. The number of phenolic OH excluding ortho intramolecular Hbond substituents is 1. The summed E-state index contributed by atoms with van der Waals surface area (Å²) in [6.07, 6.45) is 6.84. The van der Waals surface area contributed by atoms with E-state index in [-0.39, 0.29) is 30.6 Å². The minimum atomic E-state index is -3.40. The Morgan fingerprint density at radius 3 is 2.25 bits per heavy atom. The predicted octanol–water partition coefficient (Wildman–Crippen LogP) is 5.42. The average Bonchev–Trinajstić information content (AvgIpc) is 2.60. The summed E-state index contributed by atoms with van der Waals surface area (Å²) in [4.78, 5) is 12.4. The van der Waals surface area contributed by atoms with Crippen LogP contribution in [0.4, 0.5) is 0 Å². The first-order chi connectivity index (χ1) is 13.1. The minimum absolute atomic E-state index is 0.206. The first kappa shape index (κ1) is 22.9. The summed E-state index contributed by atoms with van der Waals surface area (Å²) in [7, 11) is -3.40. The van der Waals surface area contributed by atoms with E-state index in [1.54, 1.807) is 19.9 Å². The van der Waals surface area contributed by atoms with Gasteiger partial charge in [-0.15, -0.1) is 0 Å². The molecule has 0 bridgehead atoms. The van der Waals surface area contributed by atoms with E-state index >= 15 is 0 Å². The Bertz CT molecular complexity index is 779. The first-order valence-electron chi connectivity index (χ1n) is 10.1. The zero-order chi connectivity index (χ0) is 20.9. The molecule has 0 amide bonds. The zero-order valence-corrected chi connectivity index (χ0v) is 18.6. The van der Waals surface area contributed by atoms with Crippen LogP contribution in [0, 0.1) is 0 Å². The number of fused-ring (bicyclic) bond motifs is 1. The van der Waals surface area contributed by atoms with Crippen molar-refractivity contribution >= 4 is 19.5 Å². The fourth-order valence-electron chi connectivity index (χ4n) is 3.63. The van der Waals surface area contributed by atoms with Crippen molar-refractivity contribution in [2.24, 2.45) is 0 Å². The summed E-state index contributed by atoms with van der Waals surface area (Å²) in [6, 6.07) is 1.98. The molecule has 156 valence electrons. The van der Waals surface area contributed by atoms with Crippen molar-refractivity contribution in [1.29, 1.82) is 0 Å². The van der Waals surface area contributed by atoms with Gasteiger partial charge in [0.25, 0.3) is 0 Å². The van der Waals surface area contributed by atoms with Gasteiger partial charge in [0.05, 0.1) is 13.2 Å². The van der Waals surface area contributed by atoms with Crippen LogP contribution < -0.4 is 0 Å². The quantitative estimate of drug-likeness (QED) is 0.459. The summed E-state index contributed by atoms with van der Waals surface area (Å²) in [5.74, 6) is 0.100. The number of hydrogen-bond acceptors (Lipinski definition) is 5. The van der Waals surface area contributed by atoms with Crippen LogP contribution in [0.15, 0.2) is 12.1 Å². The number of phenols is 1. The molecular formula is C22H33O5P. The summed E-state index contributed by atoms with van der Waals surface area (Å²) >= 11 is 0. The lowest BCUT2D eigenvalue weighted by molar-refractivity contribution is -0.112. The molecule has 28 heavy (non-hydrogen) atoms. The smallest absolute Gasteiger partial charge is 0.338 e. The largest absolute Gasteiger partial charge is 0.507 e. The van der Waals surface area contributed by atoms with E-state index in [4.69, 9.17) is 9.05 Å². The van der Waals surface area contributed by atoms with Gasteiger partial charge in [-0.3, -0.25) is 9.36 Å². The molecule has 0 spiro atoms. The van der Waals surface area contributed by atoms with Gasteiger partial charge in [-0.2, -0.15) is 0 Å². The summed E-state index contributed by atoms with van der Waals surface area (Å²) in [5, 5.41) is 10.8. The van der Waals surface area contributed by atoms with Gasteiger partial charge in [0.15, 0.2) is 5.78 Å². The zero-order valence-electron chi connectivity index (χ0n) is 17.7. The van der Waals surface area contributed by atoms with Gasteiger partial charge < -0.3 is 14.2 Å². The second-order valence-corrected chi connectivity index (χ2v) is 10.2. The Morgan fingerprint density at radius 1 is 1.14 bits per heavy atom. The molecule has 1 aliphatic carbocycles. The number of allylic oxidation sites excluding steroid dienone is 1. The van der Waals surface area contributed by atoms with Crippen LogP contribution in [-0.2, 0) is 36.7 Å². The molecule has 1 aliphatic rings. The highest BCUT2D eigenvalue weighted by molar-refractivity contribution is 7.54. The molecule has 0 fully saturated rings. The molecule has 2 rings (SSSR count). The third kappa shape index (κ3) is 5.56. The highest BCUT2D eigenvalue weighted by Gasteiger charge is 2.27. The lowest BCUT2D eigenvalue weighted by Crippen LogP contribution is -2.15. The van der Waals surface area contributed by atoms with Crippen molar-refractivity contribution in [3.05, 3.63) is 34.4 Å². The fourth-order valence-corrected chi connectivity index (χ4v) is 5.16. The van der Waals surface area contributed by atoms with E-state index in [1.165, 1.54) is 6.08 Å².